The molecule has 0 aliphatic heterocycles. The van der Waals surface area contributed by atoms with Crippen molar-refractivity contribution in [1.82, 2.24) is 10.6 Å². The van der Waals surface area contributed by atoms with Crippen molar-refractivity contribution >= 4 is 12.0 Å². The largest absolute Gasteiger partial charge is 0.481 e. The van der Waals surface area contributed by atoms with E-state index < -0.39 is 5.97 Å². The third-order valence-corrected chi connectivity index (χ3v) is 1.92. The highest BCUT2D eigenvalue weighted by Crippen LogP contribution is 1.90. The maximum atomic E-state index is 11.2. The molecule has 0 aromatic heterocycles. The maximum Gasteiger partial charge on any atom is 0.315 e. The number of ether oxygens (including phenoxy) is 1. The normalized spacial score (nSPS) is 11.9. The van der Waals surface area contributed by atoms with Gasteiger partial charge >= 0.3 is 12.0 Å². The number of urea groups is 1. The van der Waals surface area contributed by atoms with Crippen molar-refractivity contribution in [3.05, 3.63) is 0 Å². The minimum absolute atomic E-state index is 0.0723. The summed E-state index contributed by atoms with van der Waals surface area (Å²) in [5, 5.41) is 13.7. The topological polar surface area (TPSA) is 87.7 Å². The van der Waals surface area contributed by atoms with Crippen LogP contribution in [0.3, 0.4) is 0 Å². The number of carboxylic acids is 1. The van der Waals surface area contributed by atoms with Gasteiger partial charge in [0.25, 0.3) is 0 Å². The van der Waals surface area contributed by atoms with Crippen LogP contribution < -0.4 is 10.6 Å². The fourth-order valence-electron chi connectivity index (χ4n) is 1.16. The van der Waals surface area contributed by atoms with Crippen LogP contribution in [-0.2, 0) is 9.53 Å². The number of rotatable bonds is 8. The summed E-state index contributed by atoms with van der Waals surface area (Å²) in [6.07, 6.45) is 1.66. The van der Waals surface area contributed by atoms with E-state index in [2.05, 4.69) is 10.6 Å². The first-order chi connectivity index (χ1) is 7.56. The van der Waals surface area contributed by atoms with Crippen LogP contribution in [0, 0.1) is 0 Å². The molecule has 0 aliphatic carbocycles. The van der Waals surface area contributed by atoms with Crippen LogP contribution in [0.4, 0.5) is 4.79 Å². The third-order valence-electron chi connectivity index (χ3n) is 1.92. The molecule has 0 fully saturated rings. The molecular weight excluding hydrogens is 212 g/mol. The second-order valence-corrected chi connectivity index (χ2v) is 3.60. The van der Waals surface area contributed by atoms with Crippen LogP contribution in [0.25, 0.3) is 0 Å². The van der Waals surface area contributed by atoms with E-state index in [1.807, 2.05) is 0 Å². The Morgan fingerprint density at radius 1 is 1.38 bits per heavy atom. The first kappa shape index (κ1) is 14.7. The quantitative estimate of drug-likeness (QED) is 0.534. The summed E-state index contributed by atoms with van der Waals surface area (Å²) in [6, 6.07) is -0.692. The molecular formula is C10H20N2O4. The van der Waals surface area contributed by atoms with Gasteiger partial charge < -0.3 is 20.5 Å². The Kier molecular flexibility index (Phi) is 8.24. The fraction of sp³-hybridized carbons (Fsp3) is 0.800. The Morgan fingerprint density at radius 3 is 2.62 bits per heavy atom. The number of carboxylic acid groups (broad SMARTS) is 1. The molecule has 2 amide bonds. The molecule has 0 bridgehead atoms. The number of hydrogen-bond donors (Lipinski definition) is 3. The van der Waals surface area contributed by atoms with Gasteiger partial charge in [-0.2, -0.15) is 0 Å². The number of unbranched alkanes of at least 4 members (excludes halogenated alkanes) is 1. The lowest BCUT2D eigenvalue weighted by molar-refractivity contribution is -0.137. The van der Waals surface area contributed by atoms with E-state index in [0.717, 1.165) is 12.8 Å². The molecule has 0 radical (unpaired) electrons. The van der Waals surface area contributed by atoms with Gasteiger partial charge in [-0.3, -0.25) is 4.79 Å². The van der Waals surface area contributed by atoms with Crippen LogP contribution in [-0.4, -0.2) is 43.4 Å². The van der Waals surface area contributed by atoms with Crippen molar-refractivity contribution in [3.8, 4) is 0 Å². The highest BCUT2D eigenvalue weighted by molar-refractivity contribution is 5.75. The first-order valence-electron chi connectivity index (χ1n) is 5.31. The predicted molar refractivity (Wildman–Crippen MR) is 59.4 cm³/mol. The van der Waals surface area contributed by atoms with E-state index in [1.165, 1.54) is 0 Å². The molecule has 0 aromatic carbocycles. The molecule has 6 nitrogen and oxygen atoms in total. The lowest BCUT2D eigenvalue weighted by Gasteiger charge is -2.12. The zero-order valence-corrected chi connectivity index (χ0v) is 9.78. The first-order valence-corrected chi connectivity index (χ1v) is 5.31. The summed E-state index contributed by atoms with van der Waals surface area (Å²) in [5.74, 6) is -0.923. The summed E-state index contributed by atoms with van der Waals surface area (Å²) in [6.45, 7) is 2.90. The van der Waals surface area contributed by atoms with Gasteiger partial charge in [0.05, 0.1) is 6.42 Å². The molecule has 16 heavy (non-hydrogen) atoms. The molecule has 94 valence electrons. The molecule has 3 N–H and O–H groups in total. The van der Waals surface area contributed by atoms with Gasteiger partial charge in [-0.15, -0.1) is 0 Å². The molecule has 1 atom stereocenters. The summed E-state index contributed by atoms with van der Waals surface area (Å²) >= 11 is 0. The minimum Gasteiger partial charge on any atom is -0.481 e. The van der Waals surface area contributed by atoms with Gasteiger partial charge in [-0.05, 0) is 19.8 Å². The number of carbonyl (C=O) groups excluding carboxylic acids is 1. The van der Waals surface area contributed by atoms with Crippen LogP contribution in [0.15, 0.2) is 0 Å². The highest BCUT2D eigenvalue weighted by Gasteiger charge is 2.09. The predicted octanol–water partition coefficient (Wildman–Crippen LogP) is 0.575. The minimum atomic E-state index is -0.923. The van der Waals surface area contributed by atoms with Crippen molar-refractivity contribution in [2.24, 2.45) is 0 Å². The highest BCUT2D eigenvalue weighted by atomic mass is 16.5. The van der Waals surface area contributed by atoms with Crippen molar-refractivity contribution in [2.75, 3.05) is 20.3 Å². The molecule has 0 rings (SSSR count). The summed E-state index contributed by atoms with van der Waals surface area (Å²) < 4.78 is 4.86. The van der Waals surface area contributed by atoms with E-state index in [9.17, 15) is 9.59 Å². The van der Waals surface area contributed by atoms with Gasteiger partial charge in [0, 0.05) is 26.3 Å². The van der Waals surface area contributed by atoms with Crippen LogP contribution in [0.2, 0.25) is 0 Å². The van der Waals surface area contributed by atoms with E-state index in [1.54, 1.807) is 14.0 Å². The Hall–Kier alpha value is -1.30. The molecule has 0 aromatic rings. The van der Waals surface area contributed by atoms with Crippen LogP contribution in [0.5, 0.6) is 0 Å². The number of hydrogen-bond acceptors (Lipinski definition) is 3. The Bertz CT molecular complexity index is 221. The Morgan fingerprint density at radius 2 is 2.06 bits per heavy atom. The number of methoxy groups -OCH3 is 1. The lowest BCUT2D eigenvalue weighted by atomic mass is 10.2. The average molecular weight is 232 g/mol. The maximum absolute atomic E-state index is 11.2. The molecule has 0 saturated carbocycles. The van der Waals surface area contributed by atoms with E-state index in [-0.39, 0.29) is 18.5 Å². The molecule has 6 heteroatoms. The number of nitrogens with one attached hydrogen (secondary N) is 2. The van der Waals surface area contributed by atoms with E-state index in [0.29, 0.717) is 13.2 Å². The monoisotopic (exact) mass is 232 g/mol. The summed E-state index contributed by atoms with van der Waals surface area (Å²) in [5.41, 5.74) is 0. The smallest absolute Gasteiger partial charge is 0.315 e. The molecule has 0 saturated heterocycles. The second kappa shape index (κ2) is 8.96. The number of amides is 2. The van der Waals surface area contributed by atoms with Crippen molar-refractivity contribution in [1.29, 1.82) is 0 Å². The van der Waals surface area contributed by atoms with Crippen molar-refractivity contribution in [3.63, 3.8) is 0 Å². The van der Waals surface area contributed by atoms with E-state index in [4.69, 9.17) is 9.84 Å². The van der Waals surface area contributed by atoms with E-state index >= 15 is 0 Å². The summed E-state index contributed by atoms with van der Waals surface area (Å²) in [4.78, 5) is 21.6. The van der Waals surface area contributed by atoms with Crippen LogP contribution in [0.1, 0.15) is 26.2 Å². The molecule has 0 spiro atoms. The number of aliphatic carboxylic acids is 1. The Balaban J connectivity index is 3.47. The van der Waals surface area contributed by atoms with Crippen molar-refractivity contribution < 1.29 is 19.4 Å². The van der Waals surface area contributed by atoms with Gasteiger partial charge in [-0.25, -0.2) is 4.79 Å². The van der Waals surface area contributed by atoms with Crippen molar-refractivity contribution in [2.45, 2.75) is 32.2 Å². The SMILES string of the molecule is COCCCCNC(=O)NC(C)CC(=O)O. The number of carbonyl (C=O) groups is 2. The fourth-order valence-corrected chi connectivity index (χ4v) is 1.16. The molecule has 0 aliphatic rings. The zero-order valence-electron chi connectivity index (χ0n) is 9.78. The molecule has 0 heterocycles. The summed E-state index contributed by atoms with van der Waals surface area (Å²) in [7, 11) is 1.63. The lowest BCUT2D eigenvalue weighted by Crippen LogP contribution is -2.41. The zero-order chi connectivity index (χ0) is 12.4. The second-order valence-electron chi connectivity index (χ2n) is 3.60. The standard InChI is InChI=1S/C10H20N2O4/c1-8(7-9(13)14)12-10(15)11-5-3-4-6-16-2/h8H,3-7H2,1-2H3,(H,13,14)(H2,11,12,15). The third kappa shape index (κ3) is 9.26. The molecule has 1 unspecified atom stereocenters. The Labute approximate surface area is 95.4 Å². The van der Waals surface area contributed by atoms with Gasteiger partial charge in [0.2, 0.25) is 0 Å². The van der Waals surface area contributed by atoms with Gasteiger partial charge in [-0.1, -0.05) is 0 Å². The average Bonchev–Trinajstić information content (AvgIpc) is 2.15. The van der Waals surface area contributed by atoms with Crippen LogP contribution >= 0.6 is 0 Å². The van der Waals surface area contributed by atoms with Gasteiger partial charge in [0.15, 0.2) is 0 Å². The van der Waals surface area contributed by atoms with Gasteiger partial charge in [0.1, 0.15) is 0 Å².